The van der Waals surface area contributed by atoms with Crippen LogP contribution in [-0.4, -0.2) is 9.97 Å². The number of halogens is 2. The zero-order chi connectivity index (χ0) is 13.8. The van der Waals surface area contributed by atoms with E-state index in [1.54, 1.807) is 12.4 Å². The van der Waals surface area contributed by atoms with E-state index in [4.69, 9.17) is 11.6 Å². The Kier molecular flexibility index (Phi) is 4.87. The van der Waals surface area contributed by atoms with E-state index in [1.165, 1.54) is 0 Å². The zero-order valence-corrected chi connectivity index (χ0v) is 13.1. The largest absolute Gasteiger partial charge is 0.384 e. The molecular formula is C12H13Br2N5. The Labute approximate surface area is 128 Å². The molecule has 2 rings (SSSR count). The maximum Gasteiger partial charge on any atom is 0.123 e. The van der Waals surface area contributed by atoms with Crippen LogP contribution in [0.3, 0.4) is 0 Å². The maximum absolute atomic E-state index is 5.67. The predicted molar refractivity (Wildman–Crippen MR) is 82.1 cm³/mol. The quantitative estimate of drug-likeness (QED) is 0.554. The molecule has 2 aromatic rings. The van der Waals surface area contributed by atoms with Crippen LogP contribution in [0, 0.1) is 0 Å². The van der Waals surface area contributed by atoms with Crippen LogP contribution in [0.4, 0.5) is 5.82 Å². The van der Waals surface area contributed by atoms with Crippen LogP contribution < -0.4 is 17.0 Å². The highest BCUT2D eigenvalue weighted by atomic mass is 79.9. The number of aromatic nitrogens is 2. The van der Waals surface area contributed by atoms with Gasteiger partial charge in [-0.25, -0.2) is 4.98 Å². The number of nitrogens with zero attached hydrogens (tertiary/aromatic N) is 2. The van der Waals surface area contributed by atoms with Gasteiger partial charge in [0, 0.05) is 21.3 Å². The molecule has 2 heterocycles. The number of hydrogen-bond acceptors (Lipinski definition) is 5. The molecule has 0 radical (unpaired) electrons. The van der Waals surface area contributed by atoms with Gasteiger partial charge in [-0.1, -0.05) is 0 Å². The summed E-state index contributed by atoms with van der Waals surface area (Å²) in [6, 6.07) is 5.57. The first-order valence-corrected chi connectivity index (χ1v) is 7.16. The van der Waals surface area contributed by atoms with Crippen LogP contribution in [0.2, 0.25) is 0 Å². The van der Waals surface area contributed by atoms with Gasteiger partial charge in [0.1, 0.15) is 5.82 Å². The van der Waals surface area contributed by atoms with Crippen molar-refractivity contribution in [2.24, 2.45) is 5.84 Å². The molecule has 0 aliphatic heterocycles. The summed E-state index contributed by atoms with van der Waals surface area (Å²) in [5.41, 5.74) is 10.3. The summed E-state index contributed by atoms with van der Waals surface area (Å²) in [4.78, 5) is 8.35. The van der Waals surface area contributed by atoms with E-state index in [9.17, 15) is 0 Å². The van der Waals surface area contributed by atoms with Gasteiger partial charge in [0.2, 0.25) is 0 Å². The van der Waals surface area contributed by atoms with Crippen molar-refractivity contribution in [1.29, 1.82) is 0 Å². The second-order valence-corrected chi connectivity index (χ2v) is 5.80. The zero-order valence-electron chi connectivity index (χ0n) is 9.98. The van der Waals surface area contributed by atoms with Gasteiger partial charge in [-0.3, -0.25) is 16.3 Å². The molecule has 5 N–H and O–H groups in total. The smallest absolute Gasteiger partial charge is 0.123 e. The first-order chi connectivity index (χ1) is 9.10. The molecule has 7 heteroatoms. The van der Waals surface area contributed by atoms with Crippen molar-refractivity contribution in [1.82, 2.24) is 15.4 Å². The lowest BCUT2D eigenvalue weighted by Crippen LogP contribution is -2.30. The van der Waals surface area contributed by atoms with Gasteiger partial charge in [-0.2, -0.15) is 0 Å². The minimum atomic E-state index is -0.107. The Hall–Kier alpha value is -1.02. The van der Waals surface area contributed by atoms with Crippen molar-refractivity contribution in [2.75, 3.05) is 5.73 Å². The molecular weight excluding hydrogens is 374 g/mol. The highest BCUT2D eigenvalue weighted by Gasteiger charge is 2.15. The number of nitrogen functional groups attached to an aromatic ring is 1. The minimum Gasteiger partial charge on any atom is -0.384 e. The van der Waals surface area contributed by atoms with E-state index < -0.39 is 0 Å². The van der Waals surface area contributed by atoms with Crippen LogP contribution in [0.15, 0.2) is 39.5 Å². The van der Waals surface area contributed by atoms with Crippen molar-refractivity contribution in [3.05, 3.63) is 50.8 Å². The van der Waals surface area contributed by atoms with Crippen LogP contribution >= 0.6 is 31.9 Å². The van der Waals surface area contributed by atoms with E-state index in [1.807, 2.05) is 18.2 Å². The molecule has 1 unspecified atom stereocenters. The number of nitrogens with one attached hydrogen (secondary N) is 1. The summed E-state index contributed by atoms with van der Waals surface area (Å²) in [6.45, 7) is 0. The minimum absolute atomic E-state index is 0.107. The Bertz CT molecular complexity index is 576. The Morgan fingerprint density at radius 3 is 2.68 bits per heavy atom. The third kappa shape index (κ3) is 3.73. The van der Waals surface area contributed by atoms with Crippen LogP contribution in [0.1, 0.15) is 17.3 Å². The number of rotatable bonds is 4. The van der Waals surface area contributed by atoms with Crippen molar-refractivity contribution in [2.45, 2.75) is 12.5 Å². The summed E-state index contributed by atoms with van der Waals surface area (Å²) in [5, 5.41) is 0. The summed E-state index contributed by atoms with van der Waals surface area (Å²) in [7, 11) is 0. The predicted octanol–water partition coefficient (Wildman–Crippen LogP) is 2.33. The van der Waals surface area contributed by atoms with Gasteiger partial charge in [0.15, 0.2) is 0 Å². The van der Waals surface area contributed by atoms with E-state index in [-0.39, 0.29) is 6.04 Å². The Morgan fingerprint density at radius 2 is 2.05 bits per heavy atom. The lowest BCUT2D eigenvalue weighted by Gasteiger charge is -2.17. The first kappa shape index (κ1) is 14.4. The third-order valence-corrected chi connectivity index (χ3v) is 3.72. The normalized spacial score (nSPS) is 12.4. The van der Waals surface area contributed by atoms with E-state index in [0.717, 1.165) is 20.2 Å². The van der Waals surface area contributed by atoms with Crippen molar-refractivity contribution in [3.63, 3.8) is 0 Å². The SMILES string of the molecule is NNC(Cc1ccnc(N)c1)c1ncc(Br)cc1Br. The van der Waals surface area contributed by atoms with Crippen LogP contribution in [0.25, 0.3) is 0 Å². The van der Waals surface area contributed by atoms with Gasteiger partial charge >= 0.3 is 0 Å². The summed E-state index contributed by atoms with van der Waals surface area (Å²) in [5.74, 6) is 6.12. The number of nitrogens with two attached hydrogens (primary N) is 2. The van der Waals surface area contributed by atoms with Crippen LogP contribution in [-0.2, 0) is 6.42 Å². The monoisotopic (exact) mass is 385 g/mol. The number of hydrogen-bond donors (Lipinski definition) is 3. The van der Waals surface area contributed by atoms with Gasteiger partial charge in [0.25, 0.3) is 0 Å². The molecule has 0 aliphatic rings. The number of hydrazine groups is 1. The van der Waals surface area contributed by atoms with Gasteiger partial charge in [0.05, 0.1) is 11.7 Å². The molecule has 0 bridgehead atoms. The molecule has 0 fully saturated rings. The summed E-state index contributed by atoms with van der Waals surface area (Å²) >= 11 is 6.87. The molecule has 19 heavy (non-hydrogen) atoms. The fourth-order valence-electron chi connectivity index (χ4n) is 1.77. The number of anilines is 1. The molecule has 0 spiro atoms. The van der Waals surface area contributed by atoms with E-state index in [0.29, 0.717) is 12.2 Å². The lowest BCUT2D eigenvalue weighted by atomic mass is 10.0. The Morgan fingerprint density at radius 1 is 1.26 bits per heavy atom. The molecule has 0 amide bonds. The van der Waals surface area contributed by atoms with E-state index >= 15 is 0 Å². The van der Waals surface area contributed by atoms with Gasteiger partial charge < -0.3 is 5.73 Å². The Balaban J connectivity index is 2.25. The van der Waals surface area contributed by atoms with Crippen molar-refractivity contribution >= 4 is 37.7 Å². The summed E-state index contributed by atoms with van der Waals surface area (Å²) < 4.78 is 1.80. The molecule has 0 aromatic carbocycles. The standard InChI is InChI=1S/C12H13Br2N5/c13-8-5-9(14)12(18-6-8)10(19-16)3-7-1-2-17-11(15)4-7/h1-2,4-6,10,19H,3,16H2,(H2,15,17). The fourth-order valence-corrected chi connectivity index (χ4v) is 3.04. The third-order valence-electron chi connectivity index (χ3n) is 2.65. The number of pyridine rings is 2. The molecule has 1 atom stereocenters. The lowest BCUT2D eigenvalue weighted by molar-refractivity contribution is 0.536. The van der Waals surface area contributed by atoms with Crippen molar-refractivity contribution < 1.29 is 0 Å². The summed E-state index contributed by atoms with van der Waals surface area (Å²) in [6.07, 6.45) is 4.10. The van der Waals surface area contributed by atoms with Gasteiger partial charge in [-0.05, 0) is 62.0 Å². The maximum atomic E-state index is 5.67. The topological polar surface area (TPSA) is 89.8 Å². The molecule has 0 saturated heterocycles. The second kappa shape index (κ2) is 6.42. The second-order valence-electron chi connectivity index (χ2n) is 4.03. The first-order valence-electron chi connectivity index (χ1n) is 5.57. The molecule has 5 nitrogen and oxygen atoms in total. The highest BCUT2D eigenvalue weighted by molar-refractivity contribution is 9.11. The van der Waals surface area contributed by atoms with Crippen LogP contribution in [0.5, 0.6) is 0 Å². The highest BCUT2D eigenvalue weighted by Crippen LogP contribution is 2.26. The molecule has 0 saturated carbocycles. The fraction of sp³-hybridized carbons (Fsp3) is 0.167. The average molecular weight is 387 g/mol. The molecule has 2 aromatic heterocycles. The molecule has 100 valence electrons. The van der Waals surface area contributed by atoms with Crippen molar-refractivity contribution in [3.8, 4) is 0 Å². The van der Waals surface area contributed by atoms with Gasteiger partial charge in [-0.15, -0.1) is 0 Å². The average Bonchev–Trinajstić information content (AvgIpc) is 2.37. The molecule has 0 aliphatic carbocycles. The van der Waals surface area contributed by atoms with E-state index in [2.05, 4.69) is 47.3 Å².